The molecular weight excluding hydrogens is 1120 g/mol. The van der Waals surface area contributed by atoms with Gasteiger partial charge in [0.15, 0.2) is 50.3 Å². The van der Waals surface area contributed by atoms with Crippen molar-refractivity contribution in [1.82, 2.24) is 0 Å². The molecule has 21 aliphatic heterocycles. The summed E-state index contributed by atoms with van der Waals surface area (Å²) in [4.78, 5) is 0. The highest BCUT2D eigenvalue weighted by atomic mass is 16.8. The van der Waals surface area contributed by atoms with Crippen molar-refractivity contribution >= 4 is 0 Å². The third-order valence-corrected chi connectivity index (χ3v) is 18.0. The molecule has 0 aromatic heterocycles. The van der Waals surface area contributed by atoms with Crippen LogP contribution in [0.3, 0.4) is 0 Å². The zero-order valence-electron chi connectivity index (χ0n) is 43.1. The fourth-order valence-corrected chi connectivity index (χ4v) is 13.4. The van der Waals surface area contributed by atoms with Gasteiger partial charge in [-0.1, -0.05) is 0 Å². The first-order valence-corrected chi connectivity index (χ1v) is 27.9. The van der Waals surface area contributed by atoms with Crippen LogP contribution >= 0.6 is 0 Å². The van der Waals surface area contributed by atoms with Crippen LogP contribution in [0.25, 0.3) is 0 Å². The van der Waals surface area contributed by atoms with Gasteiger partial charge in [0.05, 0.1) is 52.9 Å². The van der Waals surface area contributed by atoms with Crippen LogP contribution in [-0.4, -0.2) is 360 Å². The van der Waals surface area contributed by atoms with Crippen molar-refractivity contribution in [2.45, 2.75) is 246 Å². The Balaban J connectivity index is 0.661. The van der Waals surface area contributed by atoms with E-state index < -0.39 is 299 Å². The Bertz CT molecular complexity index is 2240. The van der Waals surface area contributed by atoms with Gasteiger partial charge in [-0.05, 0) is 0 Å². The van der Waals surface area contributed by atoms with Gasteiger partial charge in [0.25, 0.3) is 0 Å². The molecule has 0 spiro atoms. The quantitative estimate of drug-likeness (QED) is 0.100. The molecule has 82 heavy (non-hydrogen) atoms. The smallest absolute Gasteiger partial charge is 0.187 e. The minimum absolute atomic E-state index is 0.535. The summed E-state index contributed by atoms with van der Waals surface area (Å²) >= 11 is 0. The molecule has 34 heteroatoms. The Morgan fingerprint density at radius 1 is 0.146 bits per heavy atom. The Kier molecular flexibility index (Phi) is 15.5. The SMILES string of the molecule is OC[C@H]1O[C@@H]2O[C@H]3[C@@H]4O[C@H]4[C@@H](O[C@H]4[C@@H]5O[C@H]5[C@@H](O[C@H]5[C@@H]6O[C@H]6[C@@H](O[C@H]6[C@@H]7O[C@H]7[C@@H](O[C@H]7[C@@H]8O[C@H]8[C@@H](O[C@H]8[C@@H]9O[C@H]9[C@@H](O[C@H]9[C@H](O)[C@@H](O)[C@@H](O[C@H]1[C@H](O)[C@H]2O)O[C@@H]9CO)O[C@@H]8CO)O[C@@H]7CO)O[C@@H]6CO)O[C@@H]5CO)O[C@@H]4CO)O[C@@H]3CO. The van der Waals surface area contributed by atoms with Gasteiger partial charge < -0.3 is 165 Å². The molecule has 0 aromatic rings. The van der Waals surface area contributed by atoms with Crippen LogP contribution in [0, 0.1) is 0 Å². The molecule has 40 atom stereocenters. The topological polar surface area (TPSA) is 466 Å². The maximum absolute atomic E-state index is 11.5. The molecule has 34 nitrogen and oxygen atoms in total. The second kappa shape index (κ2) is 22.3. The van der Waals surface area contributed by atoms with Gasteiger partial charge in [-0.25, -0.2) is 0 Å². The molecule has 21 rings (SSSR count). The van der Waals surface area contributed by atoms with Crippen molar-refractivity contribution in [1.29, 1.82) is 0 Å². The van der Waals surface area contributed by atoms with E-state index in [0.717, 1.165) is 0 Å². The highest BCUT2D eigenvalue weighted by molar-refractivity contribution is 5.11. The molecule has 12 N–H and O–H groups in total. The van der Waals surface area contributed by atoms with Crippen LogP contribution in [0.1, 0.15) is 0 Å². The summed E-state index contributed by atoms with van der Waals surface area (Å²) in [5, 5.41) is 130. The number of ether oxygens (including phenoxy) is 22. The van der Waals surface area contributed by atoms with Crippen molar-refractivity contribution in [3.63, 3.8) is 0 Å². The lowest BCUT2D eigenvalue weighted by Crippen LogP contribution is -2.66. The summed E-state index contributed by atoms with van der Waals surface area (Å²) in [5.74, 6) is 0. The summed E-state index contributed by atoms with van der Waals surface area (Å²) in [5.41, 5.74) is 0. The van der Waals surface area contributed by atoms with E-state index in [1.54, 1.807) is 0 Å². The minimum Gasteiger partial charge on any atom is -0.394 e. The van der Waals surface area contributed by atoms with E-state index in [1.165, 1.54) is 0 Å². The molecule has 0 unspecified atom stereocenters. The van der Waals surface area contributed by atoms with Gasteiger partial charge in [0.1, 0.15) is 195 Å². The Labute approximate surface area is 463 Å². The molecule has 0 aliphatic carbocycles. The van der Waals surface area contributed by atoms with Crippen molar-refractivity contribution in [2.75, 3.05) is 52.9 Å². The van der Waals surface area contributed by atoms with E-state index in [4.69, 9.17) is 104 Å². The average Bonchev–Trinajstić information content (AvgIpc) is 4.47. The van der Waals surface area contributed by atoms with E-state index in [9.17, 15) is 61.3 Å². The van der Waals surface area contributed by atoms with Crippen LogP contribution in [0.4, 0.5) is 0 Å². The van der Waals surface area contributed by atoms with Crippen LogP contribution in [0.2, 0.25) is 0 Å². The maximum Gasteiger partial charge on any atom is 0.187 e. The van der Waals surface area contributed by atoms with Crippen LogP contribution in [-0.2, 0) is 104 Å². The Morgan fingerprint density at radius 3 is 0.512 bits per heavy atom. The zero-order chi connectivity index (χ0) is 56.3. The number of rotatable bonds is 8. The van der Waals surface area contributed by atoms with Gasteiger partial charge in [-0.3, -0.25) is 0 Å². The highest BCUT2D eigenvalue weighted by Crippen LogP contribution is 2.51. The monoisotopic (exact) mass is 1190 g/mol. The summed E-state index contributed by atoms with van der Waals surface area (Å²) in [6.45, 7) is -5.17. The van der Waals surface area contributed by atoms with Crippen molar-refractivity contribution in [3.8, 4) is 0 Å². The van der Waals surface area contributed by atoms with Crippen LogP contribution in [0.5, 0.6) is 0 Å². The fraction of sp³-hybridized carbons (Fsp3) is 1.00. The van der Waals surface area contributed by atoms with Gasteiger partial charge in [-0.15, -0.1) is 0 Å². The van der Waals surface area contributed by atoms with E-state index in [2.05, 4.69) is 0 Å². The third-order valence-electron chi connectivity index (χ3n) is 18.0. The Morgan fingerprint density at radius 2 is 0.305 bits per heavy atom. The lowest BCUT2D eigenvalue weighted by atomic mass is 9.96. The lowest BCUT2D eigenvalue weighted by Gasteiger charge is -2.47. The first-order valence-electron chi connectivity index (χ1n) is 27.9. The number of epoxide rings is 6. The predicted molar refractivity (Wildman–Crippen MR) is 241 cm³/mol. The Hall–Kier alpha value is -1.36. The molecular formula is C48H68O34. The molecule has 21 aliphatic rings. The second-order valence-electron chi connectivity index (χ2n) is 23.0. The fourth-order valence-electron chi connectivity index (χ4n) is 13.4. The van der Waals surface area contributed by atoms with E-state index in [0.29, 0.717) is 0 Å². The maximum atomic E-state index is 11.5. The second-order valence-corrected chi connectivity index (χ2v) is 23.0. The van der Waals surface area contributed by atoms with Crippen LogP contribution < -0.4 is 0 Å². The zero-order valence-corrected chi connectivity index (χ0v) is 43.1. The highest BCUT2D eigenvalue weighted by Gasteiger charge is 2.70. The standard InChI is InChI=1S/C48H68O34/c49-1-9-21-17(57)20(60)42(62-9)77-23-11(3-51)64-44(36-29(23)69-36)79-25-13(5-53)66-46(38-31(25)71-38)81-27-15(7-55)68-48(40-33(27)73-40)82-28-16(8-56)67-47(39-34(28)74-39)80-26-14(6-54)65-45(37-32(26)72-37)78-24-12(4-52)63-43(35-30(24)70-35)76-22-10(2-50)61-41(75-21)19(59)18(22)58/h9-60H,1-8H2/t9-,10-,11-,12-,13-,14-,15-,16-,17-,18-,19-,20-,21-,22-,23-,24-,25-,26-,27-,28-,29+,30+,31+,32+,33+,34+,35-,36-,37-,38-,39-,40-,41-,42-,43-,44-,45-,46-,47-,48-/m1/s1. The molecule has 16 bridgehead atoms. The van der Waals surface area contributed by atoms with Gasteiger partial charge in [0.2, 0.25) is 0 Å². The first kappa shape index (κ1) is 57.1. The molecule has 21 fully saturated rings. The molecule has 464 valence electrons. The normalized spacial score (nSPS) is 60.7. The number of aliphatic hydroxyl groups is 12. The summed E-state index contributed by atoms with van der Waals surface area (Å²) in [6.07, 6.45) is -45.3. The lowest BCUT2D eigenvalue weighted by molar-refractivity contribution is -0.377. The van der Waals surface area contributed by atoms with Crippen molar-refractivity contribution in [2.24, 2.45) is 0 Å². The third kappa shape index (κ3) is 9.92. The molecule has 21 heterocycles. The van der Waals surface area contributed by atoms with E-state index in [1.807, 2.05) is 0 Å². The largest absolute Gasteiger partial charge is 0.394 e. The van der Waals surface area contributed by atoms with Gasteiger partial charge in [-0.2, -0.15) is 0 Å². The summed E-state index contributed by atoms with van der Waals surface area (Å²) in [7, 11) is 0. The average molecular weight is 1190 g/mol. The molecule has 0 aromatic carbocycles. The van der Waals surface area contributed by atoms with E-state index >= 15 is 0 Å². The first-order chi connectivity index (χ1) is 39.9. The van der Waals surface area contributed by atoms with Gasteiger partial charge >= 0.3 is 0 Å². The summed E-state index contributed by atoms with van der Waals surface area (Å²) < 4.78 is 135. The molecule has 21 saturated heterocycles. The predicted octanol–water partition coefficient (Wildman–Crippen LogP) is -11.1. The van der Waals surface area contributed by atoms with Crippen molar-refractivity contribution in [3.05, 3.63) is 0 Å². The summed E-state index contributed by atoms with van der Waals surface area (Å²) in [6, 6.07) is 0. The van der Waals surface area contributed by atoms with Crippen LogP contribution in [0.15, 0.2) is 0 Å². The van der Waals surface area contributed by atoms with Gasteiger partial charge in [0, 0.05) is 0 Å². The molecule has 0 saturated carbocycles. The minimum atomic E-state index is -1.96. The van der Waals surface area contributed by atoms with Crippen molar-refractivity contribution < 1.29 is 165 Å². The molecule has 0 radical (unpaired) electrons. The van der Waals surface area contributed by atoms with E-state index in [-0.39, 0.29) is 0 Å². The molecule has 0 amide bonds. The number of aliphatic hydroxyl groups excluding tert-OH is 12. The number of hydrogen-bond donors (Lipinski definition) is 12. The number of hydrogen-bond acceptors (Lipinski definition) is 34.